The van der Waals surface area contributed by atoms with Crippen LogP contribution in [-0.4, -0.2) is 14.5 Å². The third-order valence-corrected chi connectivity index (χ3v) is 4.75. The van der Waals surface area contributed by atoms with Crippen LogP contribution in [0.1, 0.15) is 41.4 Å². The van der Waals surface area contributed by atoms with Crippen LogP contribution in [0.4, 0.5) is 5.69 Å². The number of aryl methyl sites for hydroxylation is 1. The van der Waals surface area contributed by atoms with E-state index in [4.69, 9.17) is 10.2 Å². The second-order valence-corrected chi connectivity index (χ2v) is 6.83. The topological polar surface area (TPSA) is 93.5 Å². The molecule has 0 aliphatic heterocycles. The number of fused-ring (bicyclic) bond motifs is 1. The average molecular weight is 357 g/mol. The standard InChI is InChI=1S/C19H19NO4S/c1-2-3-4-17-18(19(21)12-5-7-13(20)8-6-12)15-11-14(25(22)23)9-10-16(15)24-17/h5-11H,2-4,20H2,1H3,(H,22,23). The molecule has 1 unspecified atom stereocenters. The predicted molar refractivity (Wildman–Crippen MR) is 98.2 cm³/mol. The molecule has 130 valence electrons. The van der Waals surface area contributed by atoms with Crippen LogP contribution >= 0.6 is 0 Å². The van der Waals surface area contributed by atoms with E-state index in [1.807, 2.05) is 0 Å². The van der Waals surface area contributed by atoms with Crippen LogP contribution in [-0.2, 0) is 17.5 Å². The van der Waals surface area contributed by atoms with E-state index in [2.05, 4.69) is 6.92 Å². The number of hydrogen-bond acceptors (Lipinski definition) is 4. The van der Waals surface area contributed by atoms with Gasteiger partial charge >= 0.3 is 0 Å². The molecule has 0 fully saturated rings. The normalized spacial score (nSPS) is 12.4. The van der Waals surface area contributed by atoms with Gasteiger partial charge in [-0.2, -0.15) is 0 Å². The van der Waals surface area contributed by atoms with Gasteiger partial charge in [-0.1, -0.05) is 13.3 Å². The molecular formula is C19H19NO4S. The molecule has 2 aromatic carbocycles. The van der Waals surface area contributed by atoms with Gasteiger partial charge in [-0.15, -0.1) is 0 Å². The lowest BCUT2D eigenvalue weighted by molar-refractivity contribution is 0.103. The number of carbonyl (C=O) groups excluding carboxylic acids is 1. The summed E-state index contributed by atoms with van der Waals surface area (Å²) in [5.41, 5.74) is 7.78. The number of furan rings is 1. The first-order valence-electron chi connectivity index (χ1n) is 8.07. The number of unbranched alkanes of at least 4 members (excludes halogenated alkanes) is 1. The van der Waals surface area contributed by atoms with Gasteiger partial charge in [0.05, 0.1) is 10.5 Å². The van der Waals surface area contributed by atoms with Gasteiger partial charge in [0, 0.05) is 23.1 Å². The lowest BCUT2D eigenvalue weighted by atomic mass is 9.98. The Kier molecular flexibility index (Phi) is 5.01. The highest BCUT2D eigenvalue weighted by molar-refractivity contribution is 7.79. The Labute approximate surface area is 148 Å². The molecule has 0 aliphatic rings. The number of ketones is 1. The quantitative estimate of drug-likeness (QED) is 0.392. The molecule has 3 N–H and O–H groups in total. The first-order valence-corrected chi connectivity index (χ1v) is 9.18. The van der Waals surface area contributed by atoms with Crippen molar-refractivity contribution < 1.29 is 18.0 Å². The molecule has 0 spiro atoms. The van der Waals surface area contributed by atoms with Gasteiger partial charge < -0.3 is 14.7 Å². The van der Waals surface area contributed by atoms with Gasteiger partial charge in [-0.25, -0.2) is 4.21 Å². The lowest BCUT2D eigenvalue weighted by Crippen LogP contribution is -2.04. The maximum absolute atomic E-state index is 13.1. The van der Waals surface area contributed by atoms with E-state index in [0.29, 0.717) is 40.0 Å². The zero-order valence-electron chi connectivity index (χ0n) is 13.8. The molecule has 0 amide bonds. The molecule has 3 rings (SSSR count). The largest absolute Gasteiger partial charge is 0.460 e. The summed E-state index contributed by atoms with van der Waals surface area (Å²) in [6, 6.07) is 11.4. The first-order chi connectivity index (χ1) is 12.0. The lowest BCUT2D eigenvalue weighted by Gasteiger charge is -2.04. The van der Waals surface area contributed by atoms with E-state index in [0.717, 1.165) is 12.8 Å². The number of carbonyl (C=O) groups is 1. The molecule has 0 radical (unpaired) electrons. The van der Waals surface area contributed by atoms with Gasteiger partial charge in [-0.3, -0.25) is 4.79 Å². The minimum atomic E-state index is -2.12. The third kappa shape index (κ3) is 3.50. The van der Waals surface area contributed by atoms with Crippen molar-refractivity contribution in [1.82, 2.24) is 0 Å². The highest BCUT2D eigenvalue weighted by atomic mass is 32.2. The molecule has 1 aromatic heterocycles. The summed E-state index contributed by atoms with van der Waals surface area (Å²) in [6.07, 6.45) is 2.50. The fourth-order valence-electron chi connectivity index (χ4n) is 2.78. The predicted octanol–water partition coefficient (Wildman–Crippen LogP) is 4.17. The minimum Gasteiger partial charge on any atom is -0.460 e. The van der Waals surface area contributed by atoms with Crippen molar-refractivity contribution >= 4 is 33.5 Å². The van der Waals surface area contributed by atoms with Gasteiger partial charge in [0.25, 0.3) is 0 Å². The summed E-state index contributed by atoms with van der Waals surface area (Å²) >= 11 is -2.12. The molecule has 6 heteroatoms. The van der Waals surface area contributed by atoms with Crippen LogP contribution in [0.5, 0.6) is 0 Å². The van der Waals surface area contributed by atoms with E-state index in [9.17, 15) is 13.6 Å². The Balaban J connectivity index is 2.17. The van der Waals surface area contributed by atoms with Crippen LogP contribution in [0.15, 0.2) is 51.8 Å². The zero-order chi connectivity index (χ0) is 18.0. The van der Waals surface area contributed by atoms with Crippen molar-refractivity contribution in [2.45, 2.75) is 31.1 Å². The molecular weight excluding hydrogens is 338 g/mol. The maximum Gasteiger partial charge on any atom is 0.197 e. The Morgan fingerprint density at radius 1 is 1.20 bits per heavy atom. The van der Waals surface area contributed by atoms with Crippen molar-refractivity contribution in [2.75, 3.05) is 5.73 Å². The second-order valence-electron chi connectivity index (χ2n) is 5.86. The van der Waals surface area contributed by atoms with Crippen molar-refractivity contribution in [3.05, 3.63) is 59.4 Å². The van der Waals surface area contributed by atoms with E-state index >= 15 is 0 Å². The van der Waals surface area contributed by atoms with Gasteiger partial charge in [0.1, 0.15) is 11.3 Å². The summed E-state index contributed by atoms with van der Waals surface area (Å²) in [7, 11) is 0. The molecule has 0 aliphatic carbocycles. The van der Waals surface area contributed by atoms with E-state index in [-0.39, 0.29) is 10.7 Å². The number of benzene rings is 2. The van der Waals surface area contributed by atoms with Gasteiger partial charge in [0.15, 0.2) is 16.9 Å². The number of anilines is 1. The van der Waals surface area contributed by atoms with Crippen LogP contribution in [0, 0.1) is 0 Å². The SMILES string of the molecule is CCCCc1oc2ccc(S(=O)O)cc2c1C(=O)c1ccc(N)cc1. The molecule has 1 heterocycles. The molecule has 0 saturated heterocycles. The number of hydrogen-bond donors (Lipinski definition) is 2. The molecule has 1 atom stereocenters. The van der Waals surface area contributed by atoms with Crippen LogP contribution in [0.2, 0.25) is 0 Å². The third-order valence-electron chi connectivity index (χ3n) is 4.09. The molecule has 0 bridgehead atoms. The zero-order valence-corrected chi connectivity index (χ0v) is 14.6. The summed E-state index contributed by atoms with van der Waals surface area (Å²) in [5.74, 6) is 0.435. The average Bonchev–Trinajstić information content (AvgIpc) is 2.97. The van der Waals surface area contributed by atoms with Crippen molar-refractivity contribution in [1.29, 1.82) is 0 Å². The summed E-state index contributed by atoms with van der Waals surface area (Å²) in [4.78, 5) is 13.3. The van der Waals surface area contributed by atoms with E-state index < -0.39 is 11.1 Å². The summed E-state index contributed by atoms with van der Waals surface area (Å²) < 4.78 is 26.6. The Morgan fingerprint density at radius 3 is 2.56 bits per heavy atom. The van der Waals surface area contributed by atoms with Crippen molar-refractivity contribution in [3.63, 3.8) is 0 Å². The van der Waals surface area contributed by atoms with Gasteiger partial charge in [0.2, 0.25) is 0 Å². The molecule has 0 saturated carbocycles. The van der Waals surface area contributed by atoms with E-state index in [1.165, 1.54) is 6.07 Å². The van der Waals surface area contributed by atoms with Crippen LogP contribution in [0.25, 0.3) is 11.0 Å². The fourth-order valence-corrected chi connectivity index (χ4v) is 3.18. The monoisotopic (exact) mass is 357 g/mol. The molecule has 5 nitrogen and oxygen atoms in total. The number of nitrogen functional groups attached to an aromatic ring is 1. The highest BCUT2D eigenvalue weighted by Gasteiger charge is 2.22. The van der Waals surface area contributed by atoms with Crippen molar-refractivity contribution in [2.24, 2.45) is 0 Å². The Morgan fingerprint density at radius 2 is 1.92 bits per heavy atom. The Bertz CT molecular complexity index is 944. The van der Waals surface area contributed by atoms with Crippen molar-refractivity contribution in [3.8, 4) is 0 Å². The van der Waals surface area contributed by atoms with Crippen LogP contribution < -0.4 is 5.73 Å². The minimum absolute atomic E-state index is 0.175. The smallest absolute Gasteiger partial charge is 0.197 e. The van der Waals surface area contributed by atoms with Crippen LogP contribution in [0.3, 0.4) is 0 Å². The molecule has 25 heavy (non-hydrogen) atoms. The summed E-state index contributed by atoms with van der Waals surface area (Å²) in [5, 5.41) is 0.563. The van der Waals surface area contributed by atoms with Gasteiger partial charge in [-0.05, 0) is 48.9 Å². The maximum atomic E-state index is 13.1. The van der Waals surface area contributed by atoms with E-state index in [1.54, 1.807) is 36.4 Å². The molecule has 3 aromatic rings. The summed E-state index contributed by atoms with van der Waals surface area (Å²) in [6.45, 7) is 2.07. The first kappa shape index (κ1) is 17.4. The Hall–Kier alpha value is -2.44. The fraction of sp³-hybridized carbons (Fsp3) is 0.211. The number of rotatable bonds is 6. The number of nitrogens with two attached hydrogens (primary N) is 1. The second kappa shape index (κ2) is 7.21. The highest BCUT2D eigenvalue weighted by Crippen LogP contribution is 2.31.